The fourth-order valence-electron chi connectivity index (χ4n) is 3.85. The van der Waals surface area contributed by atoms with Gasteiger partial charge in [-0.15, -0.1) is 0 Å². The fourth-order valence-corrected chi connectivity index (χ4v) is 3.85. The van der Waals surface area contributed by atoms with Gasteiger partial charge >= 0.3 is 0 Å². The van der Waals surface area contributed by atoms with E-state index in [9.17, 15) is 9.50 Å². The molecule has 0 amide bonds. The van der Waals surface area contributed by atoms with Gasteiger partial charge in [0.2, 0.25) is 0 Å². The monoisotopic (exact) mass is 327 g/mol. The summed E-state index contributed by atoms with van der Waals surface area (Å²) in [6, 6.07) is 14.8. The molecule has 1 saturated heterocycles. The zero-order valence-corrected chi connectivity index (χ0v) is 13.6. The molecule has 4 rings (SSSR count). The van der Waals surface area contributed by atoms with Gasteiger partial charge in [0.05, 0.1) is 5.60 Å². The number of aliphatic hydroxyl groups is 1. The summed E-state index contributed by atoms with van der Waals surface area (Å²) in [5.41, 5.74) is 1.22. The lowest BCUT2D eigenvalue weighted by atomic mass is 9.83. The summed E-state index contributed by atoms with van der Waals surface area (Å²) in [6.45, 7) is 2.35. The highest BCUT2D eigenvalue weighted by molar-refractivity contribution is 5.35. The number of likely N-dealkylation sites (tertiary alicyclic amines) is 1. The molecule has 2 heterocycles. The Bertz CT molecular complexity index is 708. The molecule has 2 aromatic rings. The first-order chi connectivity index (χ1) is 11.6. The van der Waals surface area contributed by atoms with Gasteiger partial charge in [-0.05, 0) is 48.6 Å². The van der Waals surface area contributed by atoms with Crippen molar-refractivity contribution in [3.05, 3.63) is 65.5 Å². The zero-order valence-electron chi connectivity index (χ0n) is 13.6. The summed E-state index contributed by atoms with van der Waals surface area (Å²) >= 11 is 0. The molecule has 3 nitrogen and oxygen atoms in total. The van der Waals surface area contributed by atoms with Crippen molar-refractivity contribution in [2.75, 3.05) is 19.7 Å². The third-order valence-corrected chi connectivity index (χ3v) is 5.38. The topological polar surface area (TPSA) is 32.7 Å². The second-order valence-electron chi connectivity index (χ2n) is 6.85. The van der Waals surface area contributed by atoms with Gasteiger partial charge in [-0.25, -0.2) is 4.39 Å². The molecule has 1 unspecified atom stereocenters. The number of hydrogen-bond acceptors (Lipinski definition) is 3. The summed E-state index contributed by atoms with van der Waals surface area (Å²) in [6.07, 6.45) is 2.32. The summed E-state index contributed by atoms with van der Waals surface area (Å²) in [5, 5.41) is 10.9. The number of fused-ring (bicyclic) bond motifs is 1. The molecule has 24 heavy (non-hydrogen) atoms. The van der Waals surface area contributed by atoms with Gasteiger partial charge in [0, 0.05) is 19.1 Å². The van der Waals surface area contributed by atoms with Crippen molar-refractivity contribution in [3.8, 4) is 5.75 Å². The lowest BCUT2D eigenvalue weighted by Gasteiger charge is -2.43. The average molecular weight is 327 g/mol. The Kier molecular flexibility index (Phi) is 4.02. The van der Waals surface area contributed by atoms with Crippen LogP contribution in [0.5, 0.6) is 5.75 Å². The minimum absolute atomic E-state index is 0.266. The quantitative estimate of drug-likeness (QED) is 0.920. The van der Waals surface area contributed by atoms with Crippen LogP contribution in [0.15, 0.2) is 48.5 Å². The van der Waals surface area contributed by atoms with Crippen molar-refractivity contribution in [2.45, 2.75) is 30.9 Å². The number of halogens is 1. The molecule has 0 aromatic heterocycles. The fraction of sp³-hybridized carbons (Fsp3) is 0.400. The first-order valence-electron chi connectivity index (χ1n) is 8.57. The largest absolute Gasteiger partial charge is 0.492 e. The first kappa shape index (κ1) is 15.6. The number of rotatable bonds is 2. The maximum Gasteiger partial charge on any atom is 0.123 e. The van der Waals surface area contributed by atoms with Gasteiger partial charge in [0.15, 0.2) is 0 Å². The molecular weight excluding hydrogens is 305 g/mol. The molecular formula is C20H22FNO2. The molecule has 0 spiro atoms. The van der Waals surface area contributed by atoms with Crippen LogP contribution >= 0.6 is 0 Å². The summed E-state index contributed by atoms with van der Waals surface area (Å²) in [4.78, 5) is 2.41. The molecule has 0 radical (unpaired) electrons. The van der Waals surface area contributed by atoms with E-state index in [1.54, 1.807) is 12.1 Å². The molecule has 1 N–H and O–H groups in total. The van der Waals surface area contributed by atoms with Gasteiger partial charge < -0.3 is 9.84 Å². The van der Waals surface area contributed by atoms with E-state index < -0.39 is 5.60 Å². The lowest BCUT2D eigenvalue weighted by molar-refractivity contribution is -0.0415. The van der Waals surface area contributed by atoms with Gasteiger partial charge in [-0.2, -0.15) is 0 Å². The van der Waals surface area contributed by atoms with Gasteiger partial charge in [0.1, 0.15) is 18.2 Å². The van der Waals surface area contributed by atoms with E-state index in [1.807, 2.05) is 18.2 Å². The van der Waals surface area contributed by atoms with Crippen LogP contribution in [0.25, 0.3) is 0 Å². The van der Waals surface area contributed by atoms with Crippen molar-refractivity contribution in [1.29, 1.82) is 0 Å². The Morgan fingerprint density at radius 3 is 2.50 bits per heavy atom. The number of nitrogens with zero attached hydrogens (tertiary/aromatic N) is 1. The predicted molar refractivity (Wildman–Crippen MR) is 90.5 cm³/mol. The van der Waals surface area contributed by atoms with Gasteiger partial charge in [0.25, 0.3) is 0 Å². The van der Waals surface area contributed by atoms with E-state index in [2.05, 4.69) is 11.0 Å². The lowest BCUT2D eigenvalue weighted by Crippen LogP contribution is -2.50. The van der Waals surface area contributed by atoms with E-state index in [1.165, 1.54) is 17.7 Å². The Balaban J connectivity index is 1.42. The van der Waals surface area contributed by atoms with Crippen LogP contribution in [0.2, 0.25) is 0 Å². The van der Waals surface area contributed by atoms with Crippen LogP contribution in [0, 0.1) is 5.82 Å². The number of hydrogen-bond donors (Lipinski definition) is 1. The molecule has 4 heteroatoms. The van der Waals surface area contributed by atoms with Crippen LogP contribution in [0.3, 0.4) is 0 Å². The number of piperidine rings is 1. The minimum Gasteiger partial charge on any atom is -0.492 e. The van der Waals surface area contributed by atoms with E-state index in [-0.39, 0.29) is 5.82 Å². The third-order valence-electron chi connectivity index (χ3n) is 5.38. The highest BCUT2D eigenvalue weighted by Crippen LogP contribution is 2.35. The molecule has 126 valence electrons. The standard InChI is InChI=1S/C20H22FNO2/c21-17-7-5-16(6-8-17)20(23)9-11-22(12-10-20)18-13-15-3-1-2-4-19(15)24-14-18/h1-8,18,23H,9-14H2. The number of benzene rings is 2. The Morgan fingerprint density at radius 2 is 1.75 bits per heavy atom. The van der Waals surface area contributed by atoms with Crippen LogP contribution < -0.4 is 4.74 Å². The van der Waals surface area contributed by atoms with Gasteiger partial charge in [-0.3, -0.25) is 4.90 Å². The van der Waals surface area contributed by atoms with E-state index >= 15 is 0 Å². The van der Waals surface area contributed by atoms with Crippen LogP contribution in [0.4, 0.5) is 4.39 Å². The van der Waals surface area contributed by atoms with Gasteiger partial charge in [-0.1, -0.05) is 30.3 Å². The van der Waals surface area contributed by atoms with E-state index in [4.69, 9.17) is 4.74 Å². The first-order valence-corrected chi connectivity index (χ1v) is 8.57. The summed E-state index contributed by atoms with van der Waals surface area (Å²) in [5.74, 6) is 0.728. The van der Waals surface area contributed by atoms with E-state index in [0.717, 1.165) is 30.8 Å². The summed E-state index contributed by atoms with van der Waals surface area (Å²) < 4.78 is 19.0. The highest BCUT2D eigenvalue weighted by atomic mass is 19.1. The van der Waals surface area contributed by atoms with Crippen molar-refractivity contribution in [2.24, 2.45) is 0 Å². The Morgan fingerprint density at radius 1 is 1.04 bits per heavy atom. The zero-order chi connectivity index (χ0) is 16.6. The van der Waals surface area contributed by atoms with Crippen molar-refractivity contribution < 1.29 is 14.2 Å². The molecule has 0 aliphatic carbocycles. The molecule has 2 aromatic carbocycles. The maximum absolute atomic E-state index is 13.1. The third kappa shape index (κ3) is 2.92. The second kappa shape index (κ2) is 6.19. The number of ether oxygens (including phenoxy) is 1. The van der Waals surface area contributed by atoms with Crippen molar-refractivity contribution in [1.82, 2.24) is 4.90 Å². The van der Waals surface area contributed by atoms with Crippen LogP contribution in [0.1, 0.15) is 24.0 Å². The Hall–Kier alpha value is -1.91. The van der Waals surface area contributed by atoms with Crippen molar-refractivity contribution >= 4 is 0 Å². The minimum atomic E-state index is -0.850. The Labute approximate surface area is 141 Å². The molecule has 2 aliphatic rings. The highest BCUT2D eigenvalue weighted by Gasteiger charge is 2.37. The maximum atomic E-state index is 13.1. The van der Waals surface area contributed by atoms with Crippen LogP contribution in [-0.2, 0) is 12.0 Å². The average Bonchev–Trinajstić information content (AvgIpc) is 2.62. The molecule has 0 bridgehead atoms. The SMILES string of the molecule is OC1(c2ccc(F)cc2)CCN(C2COc3ccccc3C2)CC1. The molecule has 2 aliphatic heterocycles. The smallest absolute Gasteiger partial charge is 0.123 e. The molecule has 0 saturated carbocycles. The van der Waals surface area contributed by atoms with Crippen molar-refractivity contribution in [3.63, 3.8) is 0 Å². The molecule has 1 atom stereocenters. The predicted octanol–water partition coefficient (Wildman–Crippen LogP) is 3.11. The summed E-state index contributed by atoms with van der Waals surface area (Å²) in [7, 11) is 0. The molecule has 1 fully saturated rings. The normalized spacial score (nSPS) is 23.3. The van der Waals surface area contributed by atoms with Crippen LogP contribution in [-0.4, -0.2) is 35.7 Å². The number of para-hydroxylation sites is 1. The van der Waals surface area contributed by atoms with E-state index in [0.29, 0.717) is 25.5 Å². The second-order valence-corrected chi connectivity index (χ2v) is 6.85.